The average molecular weight is 462 g/mol. The van der Waals surface area contributed by atoms with E-state index in [2.05, 4.69) is 84.3 Å². The molecule has 0 bridgehead atoms. The van der Waals surface area contributed by atoms with Crippen molar-refractivity contribution in [2.24, 2.45) is 0 Å². The number of nitrogens with one attached hydrogen (secondary N) is 1. The Kier molecular flexibility index (Phi) is 10.4. The van der Waals surface area contributed by atoms with Crippen molar-refractivity contribution < 1.29 is 8.91 Å². The van der Waals surface area contributed by atoms with Crippen LogP contribution in [0.4, 0.5) is 0 Å². The largest absolute Gasteiger partial charge is 0.464 e. The van der Waals surface area contributed by atoms with Crippen LogP contribution in [0, 0.1) is 0 Å². The highest BCUT2D eigenvalue weighted by atomic mass is 29.9. The van der Waals surface area contributed by atoms with E-state index in [-0.39, 0.29) is 5.91 Å². The number of hydrogen-bond acceptors (Lipinski definition) is 2. The summed E-state index contributed by atoms with van der Waals surface area (Å²) in [6.07, 6.45) is 4.78. The van der Waals surface area contributed by atoms with Gasteiger partial charge in [0.15, 0.2) is 9.04 Å². The van der Waals surface area contributed by atoms with Crippen LogP contribution in [-0.4, -0.2) is 51.1 Å². The summed E-state index contributed by atoms with van der Waals surface area (Å²) in [6, 6.07) is 0. The molecule has 0 aromatic rings. The van der Waals surface area contributed by atoms with Gasteiger partial charge >= 0.3 is 0 Å². The molecule has 27 heavy (non-hydrogen) atoms. The number of amides is 1. The lowest BCUT2D eigenvalue weighted by molar-refractivity contribution is -0.116. The normalized spacial score (nSPS) is 16.0. The van der Waals surface area contributed by atoms with Gasteiger partial charge in [-0.15, -0.1) is 0 Å². The summed E-state index contributed by atoms with van der Waals surface area (Å²) in [6.45, 7) is 30.7. The predicted molar refractivity (Wildman–Crippen MR) is 136 cm³/mol. The zero-order chi connectivity index (χ0) is 21.7. The standard InChI is InChI=1S/C19H47NO2Si5/c1-13-18(16-15-17-20-19(21)14-2)23(3)22-27(24(4,5)6,25(7,8)9)26(10,11)12/h14,18,23H,2,13,15-17H2,1,3-12H3,(H,20,21). The molecule has 0 spiro atoms. The highest BCUT2D eigenvalue weighted by molar-refractivity contribution is 7.87. The Bertz CT molecular complexity index is 456. The van der Waals surface area contributed by atoms with Gasteiger partial charge in [-0.3, -0.25) is 4.79 Å². The molecule has 0 aliphatic carbocycles. The minimum atomic E-state index is -1.72. The molecule has 0 aromatic carbocycles. The smallest absolute Gasteiger partial charge is 0.243 e. The van der Waals surface area contributed by atoms with Gasteiger partial charge in [0.05, 0.1) is 22.8 Å². The van der Waals surface area contributed by atoms with E-state index in [0.29, 0.717) is 5.54 Å². The maximum absolute atomic E-state index is 11.4. The van der Waals surface area contributed by atoms with Crippen LogP contribution >= 0.6 is 0 Å². The van der Waals surface area contributed by atoms with Crippen molar-refractivity contribution in [2.75, 3.05) is 6.54 Å². The number of rotatable bonds is 12. The second-order valence-electron chi connectivity index (χ2n) is 11.1. The summed E-state index contributed by atoms with van der Waals surface area (Å²) in [7, 11) is -5.42. The molecular formula is C19H47NO2Si5. The Hall–Kier alpha value is 0.254. The first kappa shape index (κ1) is 27.3. The molecule has 0 fully saturated rings. The molecule has 0 saturated carbocycles. The quantitative estimate of drug-likeness (QED) is 0.239. The molecule has 2 unspecified atom stereocenters. The first-order chi connectivity index (χ1) is 12.0. The summed E-state index contributed by atoms with van der Waals surface area (Å²) in [5.74, 6) is -0.0628. The van der Waals surface area contributed by atoms with Gasteiger partial charge in [-0.05, 0) is 31.0 Å². The second kappa shape index (κ2) is 10.3. The first-order valence-electron chi connectivity index (χ1n) is 10.6. The molecule has 1 N–H and O–H groups in total. The van der Waals surface area contributed by atoms with Crippen molar-refractivity contribution in [2.45, 2.75) is 97.2 Å². The predicted octanol–water partition coefficient (Wildman–Crippen LogP) is 5.41. The van der Waals surface area contributed by atoms with Gasteiger partial charge in [-0.2, -0.15) is 0 Å². The maximum Gasteiger partial charge on any atom is 0.243 e. The fourth-order valence-electron chi connectivity index (χ4n) is 5.70. The van der Waals surface area contributed by atoms with Crippen molar-refractivity contribution in [1.82, 2.24) is 5.32 Å². The molecule has 0 aromatic heterocycles. The van der Waals surface area contributed by atoms with Gasteiger partial charge in [-0.25, -0.2) is 0 Å². The van der Waals surface area contributed by atoms with E-state index < -0.39 is 38.7 Å². The van der Waals surface area contributed by atoms with Gasteiger partial charge in [-0.1, -0.05) is 78.8 Å². The van der Waals surface area contributed by atoms with E-state index >= 15 is 0 Å². The molecule has 0 heterocycles. The fraction of sp³-hybridized carbons (Fsp3) is 0.842. The summed E-state index contributed by atoms with van der Waals surface area (Å²) in [5, 5.41) is 2.92. The van der Waals surface area contributed by atoms with E-state index in [1.165, 1.54) is 18.9 Å². The van der Waals surface area contributed by atoms with Crippen LogP contribution in [0.5, 0.6) is 0 Å². The van der Waals surface area contributed by atoms with E-state index in [1.54, 1.807) is 0 Å². The highest BCUT2D eigenvalue weighted by Gasteiger charge is 2.63. The number of carbonyl (C=O) groups is 1. The third-order valence-corrected chi connectivity index (χ3v) is 80.0. The molecule has 3 nitrogen and oxygen atoms in total. The Morgan fingerprint density at radius 3 is 1.81 bits per heavy atom. The molecule has 0 radical (unpaired) electrons. The molecular weight excluding hydrogens is 415 g/mol. The van der Waals surface area contributed by atoms with E-state index in [0.717, 1.165) is 13.0 Å². The van der Waals surface area contributed by atoms with Gasteiger partial charge in [0.1, 0.15) is 6.87 Å². The van der Waals surface area contributed by atoms with Crippen LogP contribution in [0.3, 0.4) is 0 Å². The zero-order valence-electron chi connectivity index (χ0n) is 20.1. The molecule has 2 atom stereocenters. The molecule has 160 valence electrons. The highest BCUT2D eigenvalue weighted by Crippen LogP contribution is 2.40. The van der Waals surface area contributed by atoms with Crippen molar-refractivity contribution >= 4 is 44.6 Å². The van der Waals surface area contributed by atoms with Gasteiger partial charge < -0.3 is 9.43 Å². The summed E-state index contributed by atoms with van der Waals surface area (Å²) < 4.78 is 7.54. The van der Waals surface area contributed by atoms with Gasteiger partial charge in [0.25, 0.3) is 0 Å². The minimum Gasteiger partial charge on any atom is -0.464 e. The van der Waals surface area contributed by atoms with Crippen LogP contribution in [0.2, 0.25) is 71.0 Å². The minimum absolute atomic E-state index is 0.0628. The van der Waals surface area contributed by atoms with E-state index in [1.807, 2.05) is 0 Å². The Morgan fingerprint density at radius 1 is 1.04 bits per heavy atom. The molecule has 0 aliphatic heterocycles. The monoisotopic (exact) mass is 461 g/mol. The van der Waals surface area contributed by atoms with Crippen LogP contribution in [-0.2, 0) is 8.91 Å². The fourth-order valence-corrected chi connectivity index (χ4v) is 117. The Morgan fingerprint density at radius 2 is 1.48 bits per heavy atom. The van der Waals surface area contributed by atoms with Crippen LogP contribution in [0.1, 0.15) is 26.2 Å². The lowest BCUT2D eigenvalue weighted by Gasteiger charge is -2.58. The van der Waals surface area contributed by atoms with Gasteiger partial charge in [0, 0.05) is 6.54 Å². The summed E-state index contributed by atoms with van der Waals surface area (Å²) in [5.41, 5.74) is 0.710. The topological polar surface area (TPSA) is 38.3 Å². The lowest BCUT2D eigenvalue weighted by Crippen LogP contribution is -2.85. The maximum atomic E-state index is 11.4. The lowest BCUT2D eigenvalue weighted by atomic mass is 10.2. The molecule has 0 rings (SSSR count). The Labute approximate surface area is 175 Å². The van der Waals surface area contributed by atoms with Crippen molar-refractivity contribution in [1.29, 1.82) is 0 Å². The molecule has 0 saturated heterocycles. The number of hydrogen-bond donors (Lipinski definition) is 1. The first-order valence-corrected chi connectivity index (χ1v) is 28.3. The van der Waals surface area contributed by atoms with Crippen molar-refractivity contribution in [3.8, 4) is 0 Å². The third-order valence-electron chi connectivity index (χ3n) is 5.96. The summed E-state index contributed by atoms with van der Waals surface area (Å²) in [4.78, 5) is 11.4. The van der Waals surface area contributed by atoms with E-state index in [9.17, 15) is 4.79 Å². The van der Waals surface area contributed by atoms with Crippen LogP contribution < -0.4 is 5.32 Å². The SMILES string of the molecule is C=CC(=O)NCCCC(CC)[SiH](C)O[Si]([Si](C)(C)C)([Si](C)(C)C)[Si](C)(C)C. The summed E-state index contributed by atoms with van der Waals surface area (Å²) >= 11 is 0. The molecule has 1 amide bonds. The van der Waals surface area contributed by atoms with Crippen molar-refractivity contribution in [3.05, 3.63) is 12.7 Å². The third kappa shape index (κ3) is 6.92. The second-order valence-corrected chi connectivity index (χ2v) is 53.6. The van der Waals surface area contributed by atoms with Crippen LogP contribution in [0.15, 0.2) is 12.7 Å². The van der Waals surface area contributed by atoms with Crippen molar-refractivity contribution in [3.63, 3.8) is 0 Å². The Balaban J connectivity index is 5.46. The molecule has 8 heteroatoms. The van der Waals surface area contributed by atoms with E-state index in [4.69, 9.17) is 4.12 Å². The average Bonchev–Trinajstić information content (AvgIpc) is 2.48. The van der Waals surface area contributed by atoms with Gasteiger partial charge in [0.2, 0.25) is 5.91 Å². The van der Waals surface area contributed by atoms with Crippen LogP contribution in [0.25, 0.3) is 0 Å². The molecule has 0 aliphatic rings. The zero-order valence-corrected chi connectivity index (χ0v) is 25.2. The number of carbonyl (C=O) groups excluding carboxylic acids is 1.